The van der Waals surface area contributed by atoms with Crippen LogP contribution >= 0.6 is 0 Å². The lowest BCUT2D eigenvalue weighted by Gasteiger charge is -2.30. The van der Waals surface area contributed by atoms with Crippen molar-refractivity contribution < 1.29 is 31.1 Å². The summed E-state index contributed by atoms with van der Waals surface area (Å²) < 4.78 is 66.6. The maximum Gasteiger partial charge on any atom is 0.422 e. The van der Waals surface area contributed by atoms with Crippen molar-refractivity contribution in [3.63, 3.8) is 0 Å². The van der Waals surface area contributed by atoms with Gasteiger partial charge in [-0.05, 0) is 56.1 Å². The van der Waals surface area contributed by atoms with E-state index in [2.05, 4.69) is 0 Å². The lowest BCUT2D eigenvalue weighted by Crippen LogP contribution is -2.45. The van der Waals surface area contributed by atoms with E-state index in [0.717, 1.165) is 5.56 Å². The van der Waals surface area contributed by atoms with Crippen molar-refractivity contribution in [1.29, 1.82) is 0 Å². The summed E-state index contributed by atoms with van der Waals surface area (Å²) in [7, 11) is -1.41. The second-order valence-corrected chi connectivity index (χ2v) is 11.0. The van der Waals surface area contributed by atoms with Gasteiger partial charge in [-0.15, -0.1) is 0 Å². The molecule has 2 aromatic rings. The van der Waals surface area contributed by atoms with Crippen LogP contribution in [0.4, 0.5) is 18.9 Å². The molecule has 3 rings (SSSR count). The predicted molar refractivity (Wildman–Crippen MR) is 125 cm³/mol. The van der Waals surface area contributed by atoms with Crippen LogP contribution in [0.1, 0.15) is 23.1 Å². The zero-order valence-electron chi connectivity index (χ0n) is 19.4. The normalized spacial score (nSPS) is 17.7. The number of likely N-dealkylation sites (N-methyl/N-ethyl adjacent to an activating group) is 1. The SMILES string of the molecule is Cc1cc(CN(C)CC(=O)N(c2ccccc2)C2CCS(=O)(=O)C2)cc(C)c1OCC(F)(F)F. The number of anilines is 1. The number of alkyl halides is 3. The summed E-state index contributed by atoms with van der Waals surface area (Å²) in [6, 6.07) is 12.1. The van der Waals surface area contributed by atoms with Crippen molar-refractivity contribution in [2.45, 2.75) is 39.0 Å². The Labute approximate surface area is 198 Å². The molecule has 34 heavy (non-hydrogen) atoms. The van der Waals surface area contributed by atoms with Crippen molar-refractivity contribution in [3.8, 4) is 5.75 Å². The van der Waals surface area contributed by atoms with Crippen molar-refractivity contribution in [1.82, 2.24) is 4.90 Å². The first-order chi connectivity index (χ1) is 15.8. The fraction of sp³-hybridized carbons (Fsp3) is 0.458. The highest BCUT2D eigenvalue weighted by atomic mass is 32.2. The van der Waals surface area contributed by atoms with Crippen molar-refractivity contribution in [3.05, 3.63) is 59.2 Å². The maximum atomic E-state index is 13.3. The van der Waals surface area contributed by atoms with Gasteiger partial charge in [-0.25, -0.2) is 8.42 Å². The van der Waals surface area contributed by atoms with Gasteiger partial charge in [-0.3, -0.25) is 9.69 Å². The molecule has 1 heterocycles. The molecule has 6 nitrogen and oxygen atoms in total. The maximum absolute atomic E-state index is 13.3. The van der Waals surface area contributed by atoms with Crippen LogP contribution in [0.15, 0.2) is 42.5 Å². The second-order valence-electron chi connectivity index (χ2n) is 8.79. The van der Waals surface area contributed by atoms with Crippen molar-refractivity contribution >= 4 is 21.4 Å². The second kappa shape index (κ2) is 10.4. The number of nitrogens with zero attached hydrogens (tertiary/aromatic N) is 2. The van der Waals surface area contributed by atoms with E-state index in [-0.39, 0.29) is 29.7 Å². The molecular formula is C24H29F3N2O4S. The fourth-order valence-electron chi connectivity index (χ4n) is 4.31. The Morgan fingerprint density at radius 1 is 1.12 bits per heavy atom. The van der Waals surface area contributed by atoms with Crippen molar-refractivity contribution in [2.24, 2.45) is 0 Å². The van der Waals surface area contributed by atoms with E-state index >= 15 is 0 Å². The van der Waals surface area contributed by atoms with Gasteiger partial charge in [0.05, 0.1) is 24.1 Å². The van der Waals surface area contributed by atoms with Crippen LogP contribution in [0.5, 0.6) is 5.75 Å². The number of benzene rings is 2. The smallest absolute Gasteiger partial charge is 0.422 e. The van der Waals surface area contributed by atoms with Gasteiger partial charge in [0.25, 0.3) is 0 Å². The van der Waals surface area contributed by atoms with Crippen LogP contribution in [-0.2, 0) is 21.2 Å². The van der Waals surface area contributed by atoms with E-state index in [1.54, 1.807) is 67.1 Å². The van der Waals surface area contributed by atoms with Crippen LogP contribution < -0.4 is 9.64 Å². The Morgan fingerprint density at radius 2 is 1.74 bits per heavy atom. The van der Waals surface area contributed by atoms with Gasteiger partial charge in [0.2, 0.25) is 5.91 Å². The summed E-state index contributed by atoms with van der Waals surface area (Å²) in [6.45, 7) is 2.46. The van der Waals surface area contributed by atoms with E-state index in [0.29, 0.717) is 29.8 Å². The molecule has 1 fully saturated rings. The Morgan fingerprint density at radius 3 is 2.26 bits per heavy atom. The highest BCUT2D eigenvalue weighted by molar-refractivity contribution is 7.91. The molecule has 1 amide bonds. The standard InChI is InChI=1S/C24H29F3N2O4S/c1-17-11-19(12-18(2)23(17)33-16-24(25,26)27)13-28(3)14-22(30)29(20-7-5-4-6-8-20)21-9-10-34(31,32)15-21/h4-8,11-12,21H,9-10,13-16H2,1-3H3. The average Bonchev–Trinajstić information content (AvgIpc) is 3.06. The zero-order chi connectivity index (χ0) is 25.1. The minimum absolute atomic E-state index is 0.0515. The molecule has 10 heteroatoms. The number of hydrogen-bond acceptors (Lipinski definition) is 5. The van der Waals surface area contributed by atoms with E-state index in [1.807, 2.05) is 6.07 Å². The van der Waals surface area contributed by atoms with Crippen LogP contribution in [0.25, 0.3) is 0 Å². The van der Waals surface area contributed by atoms with Crippen LogP contribution in [0.3, 0.4) is 0 Å². The Kier molecular flexibility index (Phi) is 7.92. The molecule has 1 unspecified atom stereocenters. The summed E-state index contributed by atoms with van der Waals surface area (Å²) in [5, 5.41) is 0. The monoisotopic (exact) mass is 498 g/mol. The third-order valence-corrected chi connectivity index (χ3v) is 7.38. The van der Waals surface area contributed by atoms with Gasteiger partial charge in [0.15, 0.2) is 16.4 Å². The lowest BCUT2D eigenvalue weighted by molar-refractivity contribution is -0.153. The van der Waals surface area contributed by atoms with E-state index in [1.165, 1.54) is 0 Å². The lowest BCUT2D eigenvalue weighted by atomic mass is 10.1. The van der Waals surface area contributed by atoms with Crippen molar-refractivity contribution in [2.75, 3.05) is 36.6 Å². The first kappa shape index (κ1) is 26.0. The van der Waals surface area contributed by atoms with Gasteiger partial charge in [-0.2, -0.15) is 13.2 Å². The third kappa shape index (κ3) is 6.96. The number of aryl methyl sites for hydroxylation is 2. The molecular weight excluding hydrogens is 469 g/mol. The number of para-hydroxylation sites is 1. The number of hydrogen-bond donors (Lipinski definition) is 0. The summed E-state index contributed by atoms with van der Waals surface area (Å²) in [4.78, 5) is 16.6. The van der Waals surface area contributed by atoms with Crippen LogP contribution in [0.2, 0.25) is 0 Å². The first-order valence-corrected chi connectivity index (χ1v) is 12.7. The highest BCUT2D eigenvalue weighted by Gasteiger charge is 2.35. The van der Waals surface area contributed by atoms with Gasteiger partial charge in [-0.1, -0.05) is 30.3 Å². The molecule has 0 spiro atoms. The highest BCUT2D eigenvalue weighted by Crippen LogP contribution is 2.28. The quantitative estimate of drug-likeness (QED) is 0.553. The minimum atomic E-state index is -4.42. The third-order valence-electron chi connectivity index (χ3n) is 5.63. The van der Waals surface area contributed by atoms with E-state index in [4.69, 9.17) is 4.74 Å². The molecule has 0 N–H and O–H groups in total. The molecule has 1 saturated heterocycles. The first-order valence-electron chi connectivity index (χ1n) is 10.9. The van der Waals surface area contributed by atoms with Gasteiger partial charge in [0.1, 0.15) is 5.75 Å². The Balaban J connectivity index is 1.71. The van der Waals surface area contributed by atoms with Gasteiger partial charge in [0, 0.05) is 12.2 Å². The summed E-state index contributed by atoms with van der Waals surface area (Å²) in [5.74, 6) is -0.00697. The summed E-state index contributed by atoms with van der Waals surface area (Å²) in [5.41, 5.74) is 2.65. The Hall–Kier alpha value is -2.59. The van der Waals surface area contributed by atoms with E-state index in [9.17, 15) is 26.4 Å². The number of carbonyl (C=O) groups excluding carboxylic acids is 1. The number of rotatable bonds is 8. The summed E-state index contributed by atoms with van der Waals surface area (Å²) >= 11 is 0. The van der Waals surface area contributed by atoms with E-state index < -0.39 is 28.7 Å². The molecule has 0 saturated carbocycles. The molecule has 1 aliphatic heterocycles. The molecule has 0 bridgehead atoms. The minimum Gasteiger partial charge on any atom is -0.484 e. The van der Waals surface area contributed by atoms with Crippen LogP contribution in [-0.4, -0.2) is 63.1 Å². The van der Waals surface area contributed by atoms with Gasteiger partial charge < -0.3 is 9.64 Å². The van der Waals surface area contributed by atoms with Gasteiger partial charge >= 0.3 is 6.18 Å². The number of amides is 1. The number of halogens is 3. The predicted octanol–water partition coefficient (Wildman–Crippen LogP) is 3.90. The molecule has 1 atom stereocenters. The largest absolute Gasteiger partial charge is 0.484 e. The molecule has 0 radical (unpaired) electrons. The number of ether oxygens (including phenoxy) is 1. The summed E-state index contributed by atoms with van der Waals surface area (Å²) in [6.07, 6.45) is -4.02. The Bertz CT molecular complexity index is 1100. The zero-order valence-corrected chi connectivity index (χ0v) is 20.2. The molecule has 0 aliphatic carbocycles. The fourth-order valence-corrected chi connectivity index (χ4v) is 6.01. The topological polar surface area (TPSA) is 66.9 Å². The molecule has 186 valence electrons. The number of carbonyl (C=O) groups is 1. The number of sulfone groups is 1. The average molecular weight is 499 g/mol. The molecule has 1 aliphatic rings. The van der Waals surface area contributed by atoms with Crippen LogP contribution in [0, 0.1) is 13.8 Å². The molecule has 2 aromatic carbocycles. The molecule has 0 aromatic heterocycles.